The van der Waals surface area contributed by atoms with Gasteiger partial charge >= 0.3 is 0 Å². The monoisotopic (exact) mass is 371 g/mol. The maximum absolute atomic E-state index is 5.67. The van der Waals surface area contributed by atoms with Crippen LogP contribution in [0.2, 0.25) is 0 Å². The predicted molar refractivity (Wildman–Crippen MR) is 101 cm³/mol. The van der Waals surface area contributed by atoms with E-state index in [1.807, 2.05) is 12.4 Å². The highest BCUT2D eigenvalue weighted by atomic mass is 79.9. The molecule has 0 fully saturated rings. The van der Waals surface area contributed by atoms with Crippen molar-refractivity contribution in [3.05, 3.63) is 52.3 Å². The van der Waals surface area contributed by atoms with Crippen LogP contribution in [0.3, 0.4) is 0 Å². The number of benzene rings is 1. The first kappa shape index (κ1) is 16.2. The number of para-hydroxylation sites is 1. The zero-order chi connectivity index (χ0) is 16.2. The van der Waals surface area contributed by atoms with Crippen molar-refractivity contribution in [2.45, 2.75) is 32.6 Å². The van der Waals surface area contributed by atoms with Gasteiger partial charge < -0.3 is 10.7 Å². The molecule has 0 radical (unpaired) electrons. The number of halogens is 1. The van der Waals surface area contributed by atoms with Gasteiger partial charge in [-0.25, -0.2) is 0 Å². The average molecular weight is 372 g/mol. The van der Waals surface area contributed by atoms with E-state index in [1.165, 1.54) is 27.7 Å². The number of nitrogens with two attached hydrogens (primary N) is 1. The van der Waals surface area contributed by atoms with Crippen LogP contribution in [-0.4, -0.2) is 16.5 Å². The highest BCUT2D eigenvalue weighted by Gasteiger charge is 2.15. The third kappa shape index (κ3) is 3.33. The molecule has 0 aliphatic rings. The van der Waals surface area contributed by atoms with Crippen molar-refractivity contribution >= 4 is 26.8 Å². The molecule has 3 rings (SSSR count). The summed E-state index contributed by atoms with van der Waals surface area (Å²) in [5.41, 5.74) is 12.0. The van der Waals surface area contributed by atoms with Crippen molar-refractivity contribution in [2.24, 2.45) is 5.73 Å². The van der Waals surface area contributed by atoms with Crippen molar-refractivity contribution in [3.8, 4) is 11.3 Å². The van der Waals surface area contributed by atoms with Crippen molar-refractivity contribution in [3.63, 3.8) is 0 Å². The first-order valence-electron chi connectivity index (χ1n) is 8.18. The van der Waals surface area contributed by atoms with Gasteiger partial charge in [-0.2, -0.15) is 0 Å². The summed E-state index contributed by atoms with van der Waals surface area (Å²) in [5, 5.41) is 1.33. The Morgan fingerprint density at radius 3 is 2.83 bits per heavy atom. The normalized spacial score (nSPS) is 11.3. The fourth-order valence-electron chi connectivity index (χ4n) is 3.13. The SMILES string of the molecule is CCc1cccc2c(CCCCN)c(-c3cncc(Br)c3)[nH]c12. The van der Waals surface area contributed by atoms with E-state index in [4.69, 9.17) is 5.73 Å². The van der Waals surface area contributed by atoms with E-state index >= 15 is 0 Å². The van der Waals surface area contributed by atoms with Crippen LogP contribution in [0.25, 0.3) is 22.2 Å². The summed E-state index contributed by atoms with van der Waals surface area (Å²) in [6.45, 7) is 2.94. The zero-order valence-corrected chi connectivity index (χ0v) is 15.0. The minimum Gasteiger partial charge on any atom is -0.354 e. The topological polar surface area (TPSA) is 54.7 Å². The number of aromatic nitrogens is 2. The van der Waals surface area contributed by atoms with E-state index in [1.54, 1.807) is 0 Å². The Labute approximate surface area is 145 Å². The van der Waals surface area contributed by atoms with Crippen LogP contribution in [0.1, 0.15) is 30.9 Å². The number of hydrogen-bond acceptors (Lipinski definition) is 2. The molecule has 0 spiro atoms. The molecular formula is C19H22BrN3. The second-order valence-corrected chi connectivity index (χ2v) is 6.73. The fourth-order valence-corrected chi connectivity index (χ4v) is 3.49. The minimum absolute atomic E-state index is 0.746. The molecule has 3 aromatic rings. The van der Waals surface area contributed by atoms with E-state index in [0.29, 0.717) is 0 Å². The molecule has 4 heteroatoms. The van der Waals surface area contributed by atoms with Crippen LogP contribution in [0.15, 0.2) is 41.1 Å². The van der Waals surface area contributed by atoms with Gasteiger partial charge in [0.05, 0.1) is 5.69 Å². The molecule has 0 atom stereocenters. The second kappa shape index (κ2) is 7.28. The van der Waals surface area contributed by atoms with Crippen LogP contribution in [-0.2, 0) is 12.8 Å². The Kier molecular flexibility index (Phi) is 5.13. The molecule has 3 nitrogen and oxygen atoms in total. The third-order valence-corrected chi connectivity index (χ3v) is 4.72. The number of aromatic amines is 1. The average Bonchev–Trinajstić information content (AvgIpc) is 2.94. The van der Waals surface area contributed by atoms with Gasteiger partial charge in [0.1, 0.15) is 0 Å². The van der Waals surface area contributed by atoms with Crippen molar-refractivity contribution < 1.29 is 0 Å². The molecule has 0 aliphatic carbocycles. The molecule has 2 aromatic heterocycles. The molecule has 120 valence electrons. The number of unbranched alkanes of at least 4 members (excludes halogenated alkanes) is 1. The van der Waals surface area contributed by atoms with E-state index in [9.17, 15) is 0 Å². The summed E-state index contributed by atoms with van der Waals surface area (Å²) in [4.78, 5) is 7.99. The molecule has 1 aromatic carbocycles. The lowest BCUT2D eigenvalue weighted by molar-refractivity contribution is 0.748. The maximum atomic E-state index is 5.67. The van der Waals surface area contributed by atoms with Crippen molar-refractivity contribution in [1.29, 1.82) is 0 Å². The third-order valence-electron chi connectivity index (χ3n) is 4.28. The summed E-state index contributed by atoms with van der Waals surface area (Å²) in [6.07, 6.45) is 7.96. The van der Waals surface area contributed by atoms with Crippen LogP contribution in [0.4, 0.5) is 0 Å². The van der Waals surface area contributed by atoms with Gasteiger partial charge in [0.2, 0.25) is 0 Å². The maximum Gasteiger partial charge on any atom is 0.0513 e. The fraction of sp³-hybridized carbons (Fsp3) is 0.316. The number of fused-ring (bicyclic) bond motifs is 1. The smallest absolute Gasteiger partial charge is 0.0513 e. The molecule has 0 aliphatic heterocycles. The Bertz CT molecular complexity index is 807. The molecule has 3 N–H and O–H groups in total. The molecule has 0 unspecified atom stereocenters. The van der Waals surface area contributed by atoms with Crippen LogP contribution in [0.5, 0.6) is 0 Å². The van der Waals surface area contributed by atoms with E-state index < -0.39 is 0 Å². The minimum atomic E-state index is 0.746. The molecule has 23 heavy (non-hydrogen) atoms. The number of hydrogen-bond donors (Lipinski definition) is 2. The Morgan fingerprint density at radius 2 is 2.09 bits per heavy atom. The standard InChI is InChI=1S/C19H22BrN3/c1-2-13-6-5-8-17-16(7-3-4-9-21)19(23-18(13)17)14-10-15(20)12-22-11-14/h5-6,8,10-12,23H,2-4,7,9,21H2,1H3. The second-order valence-electron chi connectivity index (χ2n) is 5.81. The quantitative estimate of drug-likeness (QED) is 0.609. The van der Waals surface area contributed by atoms with Gasteiger partial charge in [-0.15, -0.1) is 0 Å². The van der Waals surface area contributed by atoms with Crippen LogP contribution >= 0.6 is 15.9 Å². The molecular weight excluding hydrogens is 350 g/mol. The van der Waals surface area contributed by atoms with E-state index in [-0.39, 0.29) is 0 Å². The molecule has 0 saturated heterocycles. The van der Waals surface area contributed by atoms with Gasteiger partial charge in [0.25, 0.3) is 0 Å². The lowest BCUT2D eigenvalue weighted by atomic mass is 10.00. The number of nitrogens with one attached hydrogen (secondary N) is 1. The summed E-state index contributed by atoms with van der Waals surface area (Å²) >= 11 is 3.53. The molecule has 0 bridgehead atoms. The lowest BCUT2D eigenvalue weighted by Gasteiger charge is -2.05. The first-order valence-corrected chi connectivity index (χ1v) is 8.97. The van der Waals surface area contributed by atoms with Crippen molar-refractivity contribution in [2.75, 3.05) is 6.54 Å². The predicted octanol–water partition coefficient (Wildman–Crippen LogP) is 4.84. The van der Waals surface area contributed by atoms with E-state index in [2.05, 4.69) is 57.1 Å². The largest absolute Gasteiger partial charge is 0.354 e. The van der Waals surface area contributed by atoms with Crippen LogP contribution < -0.4 is 5.73 Å². The van der Waals surface area contributed by atoms with Crippen LogP contribution in [0, 0.1) is 0 Å². The number of rotatable bonds is 6. The number of pyridine rings is 1. The zero-order valence-electron chi connectivity index (χ0n) is 13.4. The Hall–Kier alpha value is -1.65. The summed E-state index contributed by atoms with van der Waals surface area (Å²) in [7, 11) is 0. The van der Waals surface area contributed by atoms with Gasteiger partial charge in [-0.05, 0) is 65.4 Å². The number of aryl methyl sites for hydroxylation is 2. The summed E-state index contributed by atoms with van der Waals surface area (Å²) in [6, 6.07) is 8.70. The molecule has 2 heterocycles. The lowest BCUT2D eigenvalue weighted by Crippen LogP contribution is -1.99. The number of H-pyrrole nitrogens is 1. The van der Waals surface area contributed by atoms with Gasteiger partial charge in [-0.1, -0.05) is 25.1 Å². The highest BCUT2D eigenvalue weighted by molar-refractivity contribution is 9.10. The first-order chi connectivity index (χ1) is 11.2. The van der Waals surface area contributed by atoms with E-state index in [0.717, 1.165) is 42.3 Å². The Morgan fingerprint density at radius 1 is 1.22 bits per heavy atom. The summed E-state index contributed by atoms with van der Waals surface area (Å²) < 4.78 is 0.997. The molecule has 0 amide bonds. The van der Waals surface area contributed by atoms with Gasteiger partial charge in [0.15, 0.2) is 0 Å². The van der Waals surface area contributed by atoms with Crippen molar-refractivity contribution in [1.82, 2.24) is 9.97 Å². The summed E-state index contributed by atoms with van der Waals surface area (Å²) in [5.74, 6) is 0. The highest BCUT2D eigenvalue weighted by Crippen LogP contribution is 2.33. The number of nitrogens with zero attached hydrogens (tertiary/aromatic N) is 1. The van der Waals surface area contributed by atoms with Gasteiger partial charge in [0, 0.05) is 33.3 Å². The Balaban J connectivity index is 2.16. The van der Waals surface area contributed by atoms with Gasteiger partial charge in [-0.3, -0.25) is 4.98 Å². The molecule has 0 saturated carbocycles.